The Morgan fingerprint density at radius 2 is 2.33 bits per heavy atom. The number of aryl methyl sites for hydroxylation is 1. The Hall–Kier alpha value is -0.870. The summed E-state index contributed by atoms with van der Waals surface area (Å²) in [5.74, 6) is 0.148. The van der Waals surface area contributed by atoms with E-state index in [1.807, 2.05) is 6.92 Å². The van der Waals surface area contributed by atoms with Crippen molar-refractivity contribution in [2.75, 3.05) is 0 Å². The lowest BCUT2D eigenvalue weighted by Crippen LogP contribution is -2.29. The molecule has 1 aromatic heterocycles. The van der Waals surface area contributed by atoms with E-state index in [-0.39, 0.29) is 23.9 Å². The summed E-state index contributed by atoms with van der Waals surface area (Å²) in [5.41, 5.74) is 5.63. The summed E-state index contributed by atoms with van der Waals surface area (Å²) >= 11 is 1.72. The van der Waals surface area contributed by atoms with Crippen LogP contribution >= 0.6 is 11.3 Å². The molecule has 0 saturated heterocycles. The van der Waals surface area contributed by atoms with Gasteiger partial charge >= 0.3 is 0 Å². The molecule has 3 N–H and O–H groups in total. The first-order valence-corrected chi connectivity index (χ1v) is 6.02. The summed E-state index contributed by atoms with van der Waals surface area (Å²) in [6, 6.07) is 4.33. The van der Waals surface area contributed by atoms with Gasteiger partial charge in [-0.15, -0.1) is 11.3 Å². The number of amides is 1. The standard InChI is InChI=1S/C11H16N2OS/c1-6-3-4-10(15-6)7(2)13-11(14)8-5-9(8)12/h3-4,7-9H,5,12H2,1-2H3,(H,13,14). The maximum absolute atomic E-state index is 11.6. The van der Waals surface area contributed by atoms with Gasteiger partial charge in [0.25, 0.3) is 0 Å². The van der Waals surface area contributed by atoms with Crippen LogP contribution in [-0.4, -0.2) is 11.9 Å². The zero-order valence-corrected chi connectivity index (χ0v) is 9.80. The van der Waals surface area contributed by atoms with E-state index in [9.17, 15) is 4.79 Å². The highest BCUT2D eigenvalue weighted by atomic mass is 32.1. The highest BCUT2D eigenvalue weighted by Crippen LogP contribution is 2.29. The predicted octanol–water partition coefficient (Wildman–Crippen LogP) is 1.58. The van der Waals surface area contributed by atoms with Crippen LogP contribution in [0.25, 0.3) is 0 Å². The van der Waals surface area contributed by atoms with E-state index in [1.54, 1.807) is 11.3 Å². The molecule has 3 nitrogen and oxygen atoms in total. The number of carbonyl (C=O) groups is 1. The Bertz CT molecular complexity index is 374. The van der Waals surface area contributed by atoms with Crippen molar-refractivity contribution in [3.8, 4) is 0 Å². The largest absolute Gasteiger partial charge is 0.348 e. The number of nitrogens with two attached hydrogens (primary N) is 1. The summed E-state index contributed by atoms with van der Waals surface area (Å²) in [6.07, 6.45) is 0.835. The van der Waals surface area contributed by atoms with Crippen LogP contribution in [0.3, 0.4) is 0 Å². The molecule has 1 heterocycles. The SMILES string of the molecule is Cc1ccc(C(C)NC(=O)C2CC2N)s1. The summed E-state index contributed by atoms with van der Waals surface area (Å²) < 4.78 is 0. The van der Waals surface area contributed by atoms with Gasteiger partial charge in [-0.1, -0.05) is 0 Å². The van der Waals surface area contributed by atoms with Gasteiger partial charge in [-0.2, -0.15) is 0 Å². The molecule has 15 heavy (non-hydrogen) atoms. The van der Waals surface area contributed by atoms with Crippen molar-refractivity contribution in [3.63, 3.8) is 0 Å². The zero-order valence-electron chi connectivity index (χ0n) is 8.99. The molecule has 82 valence electrons. The van der Waals surface area contributed by atoms with Gasteiger partial charge in [0.15, 0.2) is 0 Å². The molecule has 0 aliphatic heterocycles. The third-order valence-corrected chi connectivity index (χ3v) is 3.91. The van der Waals surface area contributed by atoms with Crippen molar-refractivity contribution >= 4 is 17.2 Å². The number of carbonyl (C=O) groups excluding carboxylic acids is 1. The second-order valence-electron chi connectivity index (χ2n) is 4.18. The van der Waals surface area contributed by atoms with E-state index < -0.39 is 0 Å². The number of nitrogens with one attached hydrogen (secondary N) is 1. The molecule has 3 unspecified atom stereocenters. The maximum Gasteiger partial charge on any atom is 0.225 e. The van der Waals surface area contributed by atoms with Gasteiger partial charge in [0.1, 0.15) is 0 Å². The van der Waals surface area contributed by atoms with E-state index >= 15 is 0 Å². The number of hydrogen-bond donors (Lipinski definition) is 2. The summed E-state index contributed by atoms with van der Waals surface area (Å²) in [6.45, 7) is 4.08. The summed E-state index contributed by atoms with van der Waals surface area (Å²) in [7, 11) is 0. The zero-order chi connectivity index (χ0) is 11.0. The summed E-state index contributed by atoms with van der Waals surface area (Å²) in [5, 5.41) is 2.99. The lowest BCUT2D eigenvalue weighted by molar-refractivity contribution is -0.123. The van der Waals surface area contributed by atoms with E-state index in [4.69, 9.17) is 5.73 Å². The van der Waals surface area contributed by atoms with Crippen molar-refractivity contribution in [1.29, 1.82) is 0 Å². The van der Waals surface area contributed by atoms with Crippen LogP contribution in [0.5, 0.6) is 0 Å². The van der Waals surface area contributed by atoms with E-state index in [1.165, 1.54) is 9.75 Å². The van der Waals surface area contributed by atoms with Crippen LogP contribution in [0.1, 0.15) is 29.1 Å². The fraction of sp³-hybridized carbons (Fsp3) is 0.545. The Kier molecular flexibility index (Phi) is 2.80. The van der Waals surface area contributed by atoms with Crippen LogP contribution in [0, 0.1) is 12.8 Å². The lowest BCUT2D eigenvalue weighted by atomic mass is 10.2. The molecule has 1 aliphatic carbocycles. The van der Waals surface area contributed by atoms with Crippen molar-refractivity contribution < 1.29 is 4.79 Å². The first-order valence-electron chi connectivity index (χ1n) is 5.20. The van der Waals surface area contributed by atoms with Gasteiger partial charge in [0, 0.05) is 15.8 Å². The Morgan fingerprint density at radius 3 is 2.80 bits per heavy atom. The minimum absolute atomic E-state index is 0.0495. The lowest BCUT2D eigenvalue weighted by Gasteiger charge is -2.11. The fourth-order valence-corrected chi connectivity index (χ4v) is 2.47. The minimum Gasteiger partial charge on any atom is -0.348 e. The van der Waals surface area contributed by atoms with E-state index in [0.717, 1.165) is 6.42 Å². The van der Waals surface area contributed by atoms with Gasteiger partial charge < -0.3 is 11.1 Å². The molecule has 1 amide bonds. The molecule has 2 rings (SSSR count). The van der Waals surface area contributed by atoms with Gasteiger partial charge in [-0.25, -0.2) is 0 Å². The monoisotopic (exact) mass is 224 g/mol. The molecule has 1 fully saturated rings. The second-order valence-corrected chi connectivity index (χ2v) is 5.50. The second kappa shape index (κ2) is 3.94. The van der Waals surface area contributed by atoms with E-state index in [2.05, 4.69) is 24.4 Å². The third kappa shape index (κ3) is 2.38. The number of hydrogen-bond acceptors (Lipinski definition) is 3. The molecule has 1 aromatic rings. The Balaban J connectivity index is 1.92. The smallest absolute Gasteiger partial charge is 0.225 e. The Morgan fingerprint density at radius 1 is 1.67 bits per heavy atom. The van der Waals surface area contributed by atoms with Crippen LogP contribution in [0.4, 0.5) is 0 Å². The normalized spacial score (nSPS) is 26.1. The Labute approximate surface area is 93.7 Å². The van der Waals surface area contributed by atoms with Crippen molar-refractivity contribution in [3.05, 3.63) is 21.9 Å². The first kappa shape index (κ1) is 10.6. The third-order valence-electron chi connectivity index (χ3n) is 2.72. The number of thiophene rings is 1. The molecule has 4 heteroatoms. The van der Waals surface area contributed by atoms with Crippen LogP contribution in [0.15, 0.2) is 12.1 Å². The van der Waals surface area contributed by atoms with Gasteiger partial charge in [-0.05, 0) is 32.4 Å². The highest BCUT2D eigenvalue weighted by Gasteiger charge is 2.40. The van der Waals surface area contributed by atoms with Crippen molar-refractivity contribution in [2.24, 2.45) is 11.7 Å². The first-order chi connectivity index (χ1) is 7.08. The maximum atomic E-state index is 11.6. The van der Waals surface area contributed by atoms with Gasteiger partial charge in [0.05, 0.1) is 12.0 Å². The number of rotatable bonds is 3. The predicted molar refractivity (Wildman–Crippen MR) is 61.7 cm³/mol. The molecule has 1 saturated carbocycles. The molecule has 0 spiro atoms. The molecule has 0 aromatic carbocycles. The van der Waals surface area contributed by atoms with Crippen molar-refractivity contribution in [1.82, 2.24) is 5.32 Å². The molecular weight excluding hydrogens is 208 g/mol. The quantitative estimate of drug-likeness (QED) is 0.819. The van der Waals surface area contributed by atoms with E-state index in [0.29, 0.717) is 0 Å². The molecular formula is C11H16N2OS. The van der Waals surface area contributed by atoms with Crippen LogP contribution in [0.2, 0.25) is 0 Å². The minimum atomic E-state index is 0.0495. The average molecular weight is 224 g/mol. The summed E-state index contributed by atoms with van der Waals surface area (Å²) in [4.78, 5) is 14.1. The molecule has 0 radical (unpaired) electrons. The molecule has 3 atom stereocenters. The average Bonchev–Trinajstić information content (AvgIpc) is 2.73. The van der Waals surface area contributed by atoms with Crippen LogP contribution < -0.4 is 11.1 Å². The van der Waals surface area contributed by atoms with Gasteiger partial charge in [-0.3, -0.25) is 4.79 Å². The fourth-order valence-electron chi connectivity index (χ4n) is 1.59. The van der Waals surface area contributed by atoms with Crippen LogP contribution in [-0.2, 0) is 4.79 Å². The topological polar surface area (TPSA) is 55.1 Å². The molecule has 1 aliphatic rings. The highest BCUT2D eigenvalue weighted by molar-refractivity contribution is 7.12. The van der Waals surface area contributed by atoms with Gasteiger partial charge in [0.2, 0.25) is 5.91 Å². The molecule has 0 bridgehead atoms. The van der Waals surface area contributed by atoms with Crippen molar-refractivity contribution in [2.45, 2.75) is 32.4 Å².